The van der Waals surface area contributed by atoms with Crippen molar-refractivity contribution in [1.29, 1.82) is 0 Å². The van der Waals surface area contributed by atoms with E-state index in [2.05, 4.69) is 4.72 Å². The van der Waals surface area contributed by atoms with Crippen molar-refractivity contribution in [2.45, 2.75) is 25.5 Å². The predicted molar refractivity (Wildman–Crippen MR) is 79.6 cm³/mol. The van der Waals surface area contributed by atoms with E-state index in [0.29, 0.717) is 10.6 Å². The minimum absolute atomic E-state index is 0.183. The molecule has 0 aliphatic rings. The van der Waals surface area contributed by atoms with Gasteiger partial charge in [-0.1, -0.05) is 29.9 Å². The van der Waals surface area contributed by atoms with Gasteiger partial charge in [0.25, 0.3) is 0 Å². The quantitative estimate of drug-likeness (QED) is 0.842. The van der Waals surface area contributed by atoms with Gasteiger partial charge in [-0.2, -0.15) is 0 Å². The van der Waals surface area contributed by atoms with Crippen molar-refractivity contribution >= 4 is 44.5 Å². The van der Waals surface area contributed by atoms with Gasteiger partial charge in [0.1, 0.15) is 4.99 Å². The molecule has 0 unspecified atom stereocenters. The minimum Gasteiger partial charge on any atom is -0.389 e. The maximum atomic E-state index is 12.0. The molecule has 0 radical (unpaired) electrons. The number of hydrogen-bond acceptors (Lipinski definition) is 3. The molecule has 0 aliphatic carbocycles. The molecule has 0 spiro atoms. The fourth-order valence-corrected chi connectivity index (χ4v) is 2.17. The summed E-state index contributed by atoms with van der Waals surface area (Å²) in [5.41, 5.74) is 6.32. The molecule has 4 nitrogen and oxygen atoms in total. The molecule has 0 aliphatic heterocycles. The molecule has 1 rings (SSSR count). The Bertz CT molecular complexity index is 577. The van der Waals surface area contributed by atoms with E-state index in [1.54, 1.807) is 32.9 Å². The maximum absolute atomic E-state index is 12.0. The topological polar surface area (TPSA) is 72.2 Å². The number of hydrogen-bond donors (Lipinski definition) is 2. The lowest BCUT2D eigenvalue weighted by atomic mass is 10.2. The number of halogens is 1. The lowest BCUT2D eigenvalue weighted by molar-refractivity contribution is 0.566. The summed E-state index contributed by atoms with van der Waals surface area (Å²) in [5, 5.41) is 0.294. The fraction of sp³-hybridized carbons (Fsp3) is 0.364. The summed E-state index contributed by atoms with van der Waals surface area (Å²) in [6, 6.07) is 4.71. The molecule has 0 heterocycles. The molecule has 0 saturated carbocycles. The molecular formula is C11H15ClN2O2S2. The van der Waals surface area contributed by atoms with E-state index in [4.69, 9.17) is 29.6 Å². The van der Waals surface area contributed by atoms with E-state index < -0.39 is 14.8 Å². The van der Waals surface area contributed by atoms with Crippen molar-refractivity contribution in [2.75, 3.05) is 4.72 Å². The second-order valence-electron chi connectivity index (χ2n) is 4.78. The Morgan fingerprint density at radius 3 is 2.39 bits per heavy atom. The van der Waals surface area contributed by atoms with Crippen LogP contribution in [0.4, 0.5) is 5.69 Å². The van der Waals surface area contributed by atoms with Crippen LogP contribution < -0.4 is 10.5 Å². The highest BCUT2D eigenvalue weighted by atomic mass is 35.5. The van der Waals surface area contributed by atoms with Gasteiger partial charge in [0.15, 0.2) is 0 Å². The van der Waals surface area contributed by atoms with Crippen molar-refractivity contribution in [2.24, 2.45) is 5.73 Å². The largest absolute Gasteiger partial charge is 0.389 e. The number of nitrogens with two attached hydrogens (primary N) is 1. The first-order chi connectivity index (χ1) is 8.04. The standard InChI is InChI=1S/C11H15ClN2O2S2/c1-11(2,3)18(15,16)14-9-6-7(10(13)17)4-5-8(9)12/h4-6,14H,1-3H3,(H2,13,17). The number of rotatable bonds is 3. The van der Waals surface area contributed by atoms with Crippen molar-refractivity contribution in [3.05, 3.63) is 28.8 Å². The maximum Gasteiger partial charge on any atom is 0.237 e. The van der Waals surface area contributed by atoms with Crippen molar-refractivity contribution in [3.63, 3.8) is 0 Å². The molecule has 1 aromatic rings. The normalized spacial score (nSPS) is 12.2. The first-order valence-corrected chi connectivity index (χ1v) is 7.43. The van der Waals surface area contributed by atoms with Crippen LogP contribution >= 0.6 is 23.8 Å². The third-order valence-corrected chi connectivity index (χ3v) is 4.97. The molecular weight excluding hydrogens is 292 g/mol. The summed E-state index contributed by atoms with van der Waals surface area (Å²) < 4.78 is 25.6. The Morgan fingerprint density at radius 1 is 1.39 bits per heavy atom. The third-order valence-electron chi connectivity index (χ3n) is 2.30. The van der Waals surface area contributed by atoms with Crippen LogP contribution in [0.5, 0.6) is 0 Å². The van der Waals surface area contributed by atoms with Crippen LogP contribution in [-0.4, -0.2) is 18.2 Å². The second kappa shape index (κ2) is 5.03. The third kappa shape index (κ3) is 3.34. The van der Waals surface area contributed by atoms with E-state index >= 15 is 0 Å². The minimum atomic E-state index is -3.53. The SMILES string of the molecule is CC(C)(C)S(=O)(=O)Nc1cc(C(N)=S)ccc1Cl. The van der Waals surface area contributed by atoms with Gasteiger partial charge in [-0.05, 0) is 32.9 Å². The van der Waals surface area contributed by atoms with Gasteiger partial charge in [0, 0.05) is 5.56 Å². The molecule has 3 N–H and O–H groups in total. The summed E-state index contributed by atoms with van der Waals surface area (Å²) in [4.78, 5) is 0.183. The van der Waals surface area contributed by atoms with Crippen LogP contribution in [0.3, 0.4) is 0 Å². The summed E-state index contributed by atoms with van der Waals surface area (Å²) in [7, 11) is -3.53. The number of thiocarbonyl (C=S) groups is 1. The predicted octanol–water partition coefficient (Wildman–Crippen LogP) is 2.51. The van der Waals surface area contributed by atoms with Gasteiger partial charge in [-0.25, -0.2) is 8.42 Å². The van der Waals surface area contributed by atoms with Gasteiger partial charge in [-0.3, -0.25) is 4.72 Å². The van der Waals surface area contributed by atoms with Gasteiger partial charge >= 0.3 is 0 Å². The van der Waals surface area contributed by atoms with E-state index in [9.17, 15) is 8.42 Å². The first-order valence-electron chi connectivity index (χ1n) is 5.16. The van der Waals surface area contributed by atoms with Gasteiger partial charge in [0.05, 0.1) is 15.5 Å². The molecule has 7 heteroatoms. The lowest BCUT2D eigenvalue weighted by Crippen LogP contribution is -2.33. The number of benzene rings is 1. The summed E-state index contributed by atoms with van der Waals surface area (Å²) >= 11 is 10.8. The molecule has 0 atom stereocenters. The number of sulfonamides is 1. The lowest BCUT2D eigenvalue weighted by Gasteiger charge is -2.21. The molecule has 0 amide bonds. The van der Waals surface area contributed by atoms with E-state index in [0.717, 1.165) is 0 Å². The van der Waals surface area contributed by atoms with Crippen molar-refractivity contribution < 1.29 is 8.42 Å². The highest BCUT2D eigenvalue weighted by Crippen LogP contribution is 2.27. The summed E-state index contributed by atoms with van der Waals surface area (Å²) in [6.07, 6.45) is 0. The Hall–Kier alpha value is -0.850. The highest BCUT2D eigenvalue weighted by Gasteiger charge is 2.29. The van der Waals surface area contributed by atoms with Crippen LogP contribution in [-0.2, 0) is 10.0 Å². The Kier molecular flexibility index (Phi) is 4.25. The Balaban J connectivity index is 3.20. The molecule has 0 bridgehead atoms. The molecule has 0 saturated heterocycles. The molecule has 18 heavy (non-hydrogen) atoms. The van der Waals surface area contributed by atoms with Crippen molar-refractivity contribution in [3.8, 4) is 0 Å². The van der Waals surface area contributed by atoms with Crippen molar-refractivity contribution in [1.82, 2.24) is 0 Å². The van der Waals surface area contributed by atoms with Gasteiger partial charge in [-0.15, -0.1) is 0 Å². The van der Waals surface area contributed by atoms with Crippen LogP contribution in [0.25, 0.3) is 0 Å². The smallest absolute Gasteiger partial charge is 0.237 e. The highest BCUT2D eigenvalue weighted by molar-refractivity contribution is 7.94. The van der Waals surface area contributed by atoms with Gasteiger partial charge < -0.3 is 5.73 Å². The molecule has 1 aromatic carbocycles. The zero-order chi connectivity index (χ0) is 14.1. The number of anilines is 1. The Labute approximate surface area is 118 Å². The summed E-state index contributed by atoms with van der Waals surface area (Å²) in [5.74, 6) is 0. The van der Waals surface area contributed by atoms with Crippen LogP contribution in [0.15, 0.2) is 18.2 Å². The molecule has 100 valence electrons. The van der Waals surface area contributed by atoms with Crippen LogP contribution in [0.2, 0.25) is 5.02 Å². The molecule has 0 fully saturated rings. The first kappa shape index (κ1) is 15.2. The second-order valence-corrected chi connectivity index (χ2v) is 8.06. The monoisotopic (exact) mass is 306 g/mol. The average molecular weight is 307 g/mol. The number of nitrogens with one attached hydrogen (secondary N) is 1. The van der Waals surface area contributed by atoms with E-state index in [1.807, 2.05) is 0 Å². The van der Waals surface area contributed by atoms with E-state index in [-0.39, 0.29) is 10.7 Å². The zero-order valence-corrected chi connectivity index (χ0v) is 12.7. The van der Waals surface area contributed by atoms with Gasteiger partial charge in [0.2, 0.25) is 10.0 Å². The zero-order valence-electron chi connectivity index (χ0n) is 10.3. The van der Waals surface area contributed by atoms with E-state index in [1.165, 1.54) is 6.07 Å². The Morgan fingerprint density at radius 2 is 1.94 bits per heavy atom. The molecule has 0 aromatic heterocycles. The average Bonchev–Trinajstić information content (AvgIpc) is 2.18. The summed E-state index contributed by atoms with van der Waals surface area (Å²) in [6.45, 7) is 4.79. The van der Waals surface area contributed by atoms with Crippen LogP contribution in [0.1, 0.15) is 26.3 Å². The fourth-order valence-electron chi connectivity index (χ4n) is 1.05. The van der Waals surface area contributed by atoms with Crippen LogP contribution in [0, 0.1) is 0 Å².